The summed E-state index contributed by atoms with van der Waals surface area (Å²) in [7, 11) is 0. The topological polar surface area (TPSA) is 106 Å². The van der Waals surface area contributed by atoms with Crippen molar-refractivity contribution in [3.05, 3.63) is 16.9 Å². The lowest BCUT2D eigenvalue weighted by Gasteiger charge is -2.10. The molecule has 0 unspecified atom stereocenters. The maximum atomic E-state index is 10.4. The molecule has 0 aliphatic carbocycles. The third-order valence-electron chi connectivity index (χ3n) is 1.66. The Hall–Kier alpha value is -1.50. The number of carbonyl (C=O) groups is 1. The molecule has 1 aromatic heterocycles. The molecule has 0 aliphatic rings. The number of carbonyl (C=O) groups excluding carboxylic acids is 1. The first-order valence-corrected chi connectivity index (χ1v) is 5.06. The average molecular weight is 274 g/mol. The summed E-state index contributed by atoms with van der Waals surface area (Å²) in [6.07, 6.45) is 3.19. The van der Waals surface area contributed by atoms with E-state index in [4.69, 9.17) is 11.5 Å². The fourth-order valence-corrected chi connectivity index (χ4v) is 1.50. The normalized spacial score (nSPS) is 9.67. The van der Waals surface area contributed by atoms with E-state index in [-0.39, 0.29) is 0 Å². The van der Waals surface area contributed by atoms with E-state index in [2.05, 4.69) is 31.5 Å². The Labute approximate surface area is 95.6 Å². The molecule has 0 saturated carbocycles. The van der Waals surface area contributed by atoms with Crippen molar-refractivity contribution in [3.8, 4) is 0 Å². The first kappa shape index (κ1) is 11.6. The number of urea groups is 1. The predicted octanol–water partition coefficient (Wildman–Crippen LogP) is 0.507. The molecule has 0 spiro atoms. The van der Waals surface area contributed by atoms with Gasteiger partial charge in [-0.3, -0.25) is 4.98 Å². The van der Waals surface area contributed by atoms with Crippen molar-refractivity contribution in [1.82, 2.24) is 10.3 Å². The standard InChI is InChI=1S/C8H12BrN5O/c9-5-3-12-4-6(10)7(5)13-1-2-14-8(11)15/h3-4H,1-2,10H2,(H,12,13)(H3,11,14,15). The van der Waals surface area contributed by atoms with Crippen LogP contribution in [0.3, 0.4) is 0 Å². The molecule has 0 bridgehead atoms. The Morgan fingerprint density at radius 1 is 1.47 bits per heavy atom. The van der Waals surface area contributed by atoms with Crippen LogP contribution in [0.5, 0.6) is 0 Å². The van der Waals surface area contributed by atoms with Gasteiger partial charge in [-0.05, 0) is 15.9 Å². The third-order valence-corrected chi connectivity index (χ3v) is 2.26. The van der Waals surface area contributed by atoms with Gasteiger partial charge in [0, 0.05) is 19.3 Å². The lowest BCUT2D eigenvalue weighted by atomic mass is 10.3. The lowest BCUT2D eigenvalue weighted by molar-refractivity contribution is 0.249. The minimum Gasteiger partial charge on any atom is -0.396 e. The van der Waals surface area contributed by atoms with E-state index >= 15 is 0 Å². The number of nitrogens with two attached hydrogens (primary N) is 2. The maximum absolute atomic E-state index is 10.4. The second kappa shape index (κ2) is 5.40. The first-order chi connectivity index (χ1) is 7.11. The largest absolute Gasteiger partial charge is 0.396 e. The molecule has 7 heteroatoms. The predicted molar refractivity (Wildman–Crippen MR) is 62.4 cm³/mol. The molecule has 6 N–H and O–H groups in total. The maximum Gasteiger partial charge on any atom is 0.312 e. The van der Waals surface area contributed by atoms with Gasteiger partial charge in [0.25, 0.3) is 0 Å². The Bertz CT molecular complexity index is 337. The number of nitrogens with zero attached hydrogens (tertiary/aromatic N) is 1. The van der Waals surface area contributed by atoms with Crippen LogP contribution in [0.15, 0.2) is 16.9 Å². The SMILES string of the molecule is NC(=O)NCCNc1c(N)cncc1Br. The fourth-order valence-electron chi connectivity index (χ4n) is 1.01. The van der Waals surface area contributed by atoms with E-state index < -0.39 is 6.03 Å². The molecule has 1 rings (SSSR count). The fraction of sp³-hybridized carbons (Fsp3) is 0.250. The molecule has 0 aromatic carbocycles. The molecule has 82 valence electrons. The minimum atomic E-state index is -0.543. The molecule has 15 heavy (non-hydrogen) atoms. The van der Waals surface area contributed by atoms with Crippen LogP contribution in [0.1, 0.15) is 0 Å². The van der Waals surface area contributed by atoms with Crippen molar-refractivity contribution in [3.63, 3.8) is 0 Å². The van der Waals surface area contributed by atoms with Crippen LogP contribution in [0, 0.1) is 0 Å². The Balaban J connectivity index is 2.47. The van der Waals surface area contributed by atoms with Gasteiger partial charge in [-0.15, -0.1) is 0 Å². The molecular weight excluding hydrogens is 262 g/mol. The first-order valence-electron chi connectivity index (χ1n) is 4.27. The van der Waals surface area contributed by atoms with Gasteiger partial charge in [0.2, 0.25) is 0 Å². The van der Waals surface area contributed by atoms with Gasteiger partial charge in [0.05, 0.1) is 22.0 Å². The molecule has 1 heterocycles. The van der Waals surface area contributed by atoms with Crippen molar-refractivity contribution in [2.45, 2.75) is 0 Å². The molecule has 0 fully saturated rings. The van der Waals surface area contributed by atoms with Crippen LogP contribution in [-0.4, -0.2) is 24.1 Å². The number of hydrogen-bond acceptors (Lipinski definition) is 4. The monoisotopic (exact) mass is 273 g/mol. The van der Waals surface area contributed by atoms with Crippen molar-refractivity contribution in [2.24, 2.45) is 5.73 Å². The molecule has 0 atom stereocenters. The van der Waals surface area contributed by atoms with Crippen LogP contribution in [0.2, 0.25) is 0 Å². The van der Waals surface area contributed by atoms with Crippen molar-refractivity contribution < 1.29 is 4.79 Å². The number of amides is 2. The quantitative estimate of drug-likeness (QED) is 0.600. The van der Waals surface area contributed by atoms with Crippen molar-refractivity contribution in [1.29, 1.82) is 0 Å². The van der Waals surface area contributed by atoms with Gasteiger partial charge < -0.3 is 22.1 Å². The van der Waals surface area contributed by atoms with Crippen LogP contribution in [-0.2, 0) is 0 Å². The second-order valence-corrected chi connectivity index (χ2v) is 3.66. The highest BCUT2D eigenvalue weighted by Gasteiger charge is 2.03. The van der Waals surface area contributed by atoms with Gasteiger partial charge in [-0.2, -0.15) is 0 Å². The summed E-state index contributed by atoms with van der Waals surface area (Å²) < 4.78 is 0.779. The number of hydrogen-bond donors (Lipinski definition) is 4. The Kier molecular flexibility index (Phi) is 4.17. The molecular formula is C8H12BrN5O. The van der Waals surface area contributed by atoms with Crippen LogP contribution in [0.25, 0.3) is 0 Å². The zero-order valence-corrected chi connectivity index (χ0v) is 9.54. The number of anilines is 2. The molecule has 0 radical (unpaired) electrons. The molecule has 6 nitrogen and oxygen atoms in total. The third kappa shape index (κ3) is 3.62. The van der Waals surface area contributed by atoms with Gasteiger partial charge in [-0.25, -0.2) is 4.79 Å². The van der Waals surface area contributed by atoms with Crippen LogP contribution in [0.4, 0.5) is 16.2 Å². The van der Waals surface area contributed by atoms with E-state index in [1.807, 2.05) is 0 Å². The highest BCUT2D eigenvalue weighted by Crippen LogP contribution is 2.26. The van der Waals surface area contributed by atoms with Gasteiger partial charge in [0.1, 0.15) is 0 Å². The molecule has 2 amide bonds. The van der Waals surface area contributed by atoms with Gasteiger partial charge in [-0.1, -0.05) is 0 Å². The van der Waals surface area contributed by atoms with E-state index in [1.54, 1.807) is 12.4 Å². The average Bonchev–Trinajstić information content (AvgIpc) is 2.15. The molecule has 1 aromatic rings. The highest BCUT2D eigenvalue weighted by atomic mass is 79.9. The number of pyridine rings is 1. The lowest BCUT2D eigenvalue weighted by Crippen LogP contribution is -2.33. The van der Waals surface area contributed by atoms with Crippen LogP contribution >= 0.6 is 15.9 Å². The number of nitrogen functional groups attached to an aromatic ring is 1. The second-order valence-electron chi connectivity index (χ2n) is 2.80. The summed E-state index contributed by atoms with van der Waals surface area (Å²) in [4.78, 5) is 14.3. The molecule has 0 aliphatic heterocycles. The zero-order valence-electron chi connectivity index (χ0n) is 7.96. The Morgan fingerprint density at radius 2 is 2.20 bits per heavy atom. The Morgan fingerprint density at radius 3 is 2.80 bits per heavy atom. The summed E-state index contributed by atoms with van der Waals surface area (Å²) in [6, 6.07) is -0.543. The number of primary amides is 1. The van der Waals surface area contributed by atoms with E-state index in [1.165, 1.54) is 0 Å². The van der Waals surface area contributed by atoms with Gasteiger partial charge in [0.15, 0.2) is 0 Å². The summed E-state index contributed by atoms with van der Waals surface area (Å²) in [5.41, 5.74) is 11.9. The van der Waals surface area contributed by atoms with E-state index in [0.717, 1.165) is 10.2 Å². The number of aromatic nitrogens is 1. The van der Waals surface area contributed by atoms with Crippen LogP contribution < -0.4 is 22.1 Å². The van der Waals surface area contributed by atoms with Crippen molar-refractivity contribution in [2.75, 3.05) is 24.1 Å². The summed E-state index contributed by atoms with van der Waals surface area (Å²) >= 11 is 3.31. The van der Waals surface area contributed by atoms with E-state index in [9.17, 15) is 4.79 Å². The summed E-state index contributed by atoms with van der Waals surface area (Å²) in [5.74, 6) is 0. The van der Waals surface area contributed by atoms with Crippen molar-refractivity contribution >= 4 is 33.3 Å². The minimum absolute atomic E-state index is 0.434. The highest BCUT2D eigenvalue weighted by molar-refractivity contribution is 9.10. The number of halogens is 1. The zero-order chi connectivity index (χ0) is 11.3. The van der Waals surface area contributed by atoms with Gasteiger partial charge >= 0.3 is 6.03 Å². The smallest absolute Gasteiger partial charge is 0.312 e. The summed E-state index contributed by atoms with van der Waals surface area (Å²) in [6.45, 7) is 0.972. The van der Waals surface area contributed by atoms with E-state index in [0.29, 0.717) is 18.8 Å². The summed E-state index contributed by atoms with van der Waals surface area (Å²) in [5, 5.41) is 5.51. The number of rotatable bonds is 4. The molecule has 0 saturated heterocycles. The number of nitrogens with one attached hydrogen (secondary N) is 2.